The van der Waals surface area contributed by atoms with Crippen LogP contribution in [0.1, 0.15) is 17.0 Å². The van der Waals surface area contributed by atoms with Gasteiger partial charge in [0, 0.05) is 17.8 Å². The highest BCUT2D eigenvalue weighted by Gasteiger charge is 2.09. The third kappa shape index (κ3) is 2.94. The first-order chi connectivity index (χ1) is 10.2. The molecule has 3 rings (SSSR count). The smallest absolute Gasteiger partial charge is 0.183 e. The van der Waals surface area contributed by atoms with Gasteiger partial charge in [0.1, 0.15) is 5.82 Å². The molecule has 21 heavy (non-hydrogen) atoms. The van der Waals surface area contributed by atoms with Gasteiger partial charge in [-0.2, -0.15) is 5.10 Å². The monoisotopic (exact) mass is 278 g/mol. The Labute approximate surface area is 124 Å². The second kappa shape index (κ2) is 5.79. The van der Waals surface area contributed by atoms with Crippen LogP contribution in [0.5, 0.6) is 0 Å². The van der Waals surface area contributed by atoms with E-state index in [1.54, 1.807) is 0 Å². The van der Waals surface area contributed by atoms with Crippen LogP contribution in [0, 0.1) is 13.8 Å². The van der Waals surface area contributed by atoms with E-state index in [0.29, 0.717) is 0 Å². The Hall–Kier alpha value is -2.62. The van der Waals surface area contributed by atoms with Gasteiger partial charge in [-0.05, 0) is 37.1 Å². The lowest BCUT2D eigenvalue weighted by molar-refractivity contribution is 1.04. The number of rotatable bonds is 4. The van der Waals surface area contributed by atoms with Crippen molar-refractivity contribution < 1.29 is 0 Å². The van der Waals surface area contributed by atoms with Crippen LogP contribution >= 0.6 is 0 Å². The molecule has 106 valence electrons. The minimum atomic E-state index is 0.723. The molecule has 4 heteroatoms. The number of aromatic amines is 1. The fourth-order valence-corrected chi connectivity index (χ4v) is 2.29. The number of benzene rings is 2. The van der Waals surface area contributed by atoms with E-state index in [1.165, 1.54) is 11.1 Å². The van der Waals surface area contributed by atoms with E-state index in [4.69, 9.17) is 0 Å². The Balaban J connectivity index is 1.85. The van der Waals surface area contributed by atoms with Crippen LogP contribution in [0.2, 0.25) is 0 Å². The predicted molar refractivity (Wildman–Crippen MR) is 85.1 cm³/mol. The number of nitrogens with one attached hydrogen (secondary N) is 2. The third-order valence-corrected chi connectivity index (χ3v) is 3.50. The van der Waals surface area contributed by atoms with Crippen LogP contribution in [0.4, 0.5) is 5.69 Å². The van der Waals surface area contributed by atoms with Crippen molar-refractivity contribution in [2.75, 3.05) is 5.32 Å². The van der Waals surface area contributed by atoms with Crippen molar-refractivity contribution in [1.82, 2.24) is 15.2 Å². The molecule has 2 aromatic carbocycles. The van der Waals surface area contributed by atoms with Crippen molar-refractivity contribution in [3.05, 3.63) is 65.5 Å². The molecule has 0 aliphatic heterocycles. The van der Waals surface area contributed by atoms with Gasteiger partial charge in [0.05, 0.1) is 0 Å². The predicted octanol–water partition coefficient (Wildman–Crippen LogP) is 3.70. The summed E-state index contributed by atoms with van der Waals surface area (Å²) < 4.78 is 0. The summed E-state index contributed by atoms with van der Waals surface area (Å²) in [6.45, 7) is 4.81. The molecule has 1 aromatic heterocycles. The standard InChI is InChI=1S/C17H18N4/c1-12-7-3-4-8-14(12)11-18-16-10-6-5-9-15(16)17-19-13(2)20-21-17/h3-10,18H,11H2,1-2H3,(H,19,20,21). The van der Waals surface area contributed by atoms with E-state index in [2.05, 4.69) is 57.8 Å². The minimum Gasteiger partial charge on any atom is -0.380 e. The molecule has 0 fully saturated rings. The van der Waals surface area contributed by atoms with E-state index in [0.717, 1.165) is 29.4 Å². The van der Waals surface area contributed by atoms with Crippen molar-refractivity contribution in [3.8, 4) is 11.4 Å². The molecule has 0 atom stereocenters. The molecule has 0 radical (unpaired) electrons. The highest BCUT2D eigenvalue weighted by molar-refractivity contribution is 5.73. The molecule has 0 aliphatic rings. The van der Waals surface area contributed by atoms with Gasteiger partial charge in [-0.15, -0.1) is 0 Å². The Morgan fingerprint density at radius 3 is 2.52 bits per heavy atom. The maximum absolute atomic E-state index is 4.41. The number of aryl methyl sites for hydroxylation is 2. The average molecular weight is 278 g/mol. The summed E-state index contributed by atoms with van der Waals surface area (Å²) in [5.41, 5.74) is 4.63. The lowest BCUT2D eigenvalue weighted by atomic mass is 10.1. The molecule has 3 aromatic rings. The first-order valence-corrected chi connectivity index (χ1v) is 7.01. The third-order valence-electron chi connectivity index (χ3n) is 3.50. The van der Waals surface area contributed by atoms with Gasteiger partial charge in [0.15, 0.2) is 5.82 Å². The Bertz CT molecular complexity index is 746. The highest BCUT2D eigenvalue weighted by atomic mass is 15.2. The van der Waals surface area contributed by atoms with E-state index in [-0.39, 0.29) is 0 Å². The number of para-hydroxylation sites is 1. The molecule has 0 saturated carbocycles. The number of nitrogens with zero attached hydrogens (tertiary/aromatic N) is 2. The lowest BCUT2D eigenvalue weighted by Gasteiger charge is -2.11. The lowest BCUT2D eigenvalue weighted by Crippen LogP contribution is -2.02. The maximum Gasteiger partial charge on any atom is 0.183 e. The van der Waals surface area contributed by atoms with E-state index >= 15 is 0 Å². The Morgan fingerprint density at radius 1 is 1.00 bits per heavy atom. The van der Waals surface area contributed by atoms with Crippen molar-refractivity contribution in [3.63, 3.8) is 0 Å². The number of aromatic nitrogens is 3. The topological polar surface area (TPSA) is 53.6 Å². The molecule has 0 bridgehead atoms. The van der Waals surface area contributed by atoms with Crippen LogP contribution in [0.3, 0.4) is 0 Å². The van der Waals surface area contributed by atoms with Gasteiger partial charge in [0.2, 0.25) is 0 Å². The molecule has 4 nitrogen and oxygen atoms in total. The summed E-state index contributed by atoms with van der Waals surface area (Å²) in [5.74, 6) is 1.54. The molecule has 0 spiro atoms. The largest absolute Gasteiger partial charge is 0.380 e. The quantitative estimate of drug-likeness (QED) is 0.765. The fraction of sp³-hybridized carbons (Fsp3) is 0.176. The van der Waals surface area contributed by atoms with Gasteiger partial charge in [-0.25, -0.2) is 4.98 Å². The minimum absolute atomic E-state index is 0.723. The van der Waals surface area contributed by atoms with Crippen LogP contribution in [0.25, 0.3) is 11.4 Å². The van der Waals surface area contributed by atoms with Crippen LogP contribution in [-0.4, -0.2) is 15.2 Å². The molecular formula is C17H18N4. The van der Waals surface area contributed by atoms with Gasteiger partial charge in [-0.1, -0.05) is 36.4 Å². The first-order valence-electron chi connectivity index (χ1n) is 7.01. The van der Waals surface area contributed by atoms with Crippen molar-refractivity contribution in [2.45, 2.75) is 20.4 Å². The molecule has 0 amide bonds. The summed E-state index contributed by atoms with van der Waals surface area (Å²) in [5, 5.41) is 10.6. The molecule has 1 heterocycles. The molecule has 0 aliphatic carbocycles. The summed E-state index contributed by atoms with van der Waals surface area (Å²) in [4.78, 5) is 4.41. The fourth-order valence-electron chi connectivity index (χ4n) is 2.29. The normalized spacial score (nSPS) is 10.6. The first kappa shape index (κ1) is 13.4. The van der Waals surface area contributed by atoms with Gasteiger partial charge < -0.3 is 5.32 Å². The van der Waals surface area contributed by atoms with Gasteiger partial charge >= 0.3 is 0 Å². The molecule has 2 N–H and O–H groups in total. The van der Waals surface area contributed by atoms with E-state index in [9.17, 15) is 0 Å². The Morgan fingerprint density at radius 2 is 1.76 bits per heavy atom. The summed E-state index contributed by atoms with van der Waals surface area (Å²) in [6.07, 6.45) is 0. The van der Waals surface area contributed by atoms with Crippen LogP contribution < -0.4 is 5.32 Å². The van der Waals surface area contributed by atoms with E-state index < -0.39 is 0 Å². The molecule has 0 unspecified atom stereocenters. The molecular weight excluding hydrogens is 260 g/mol. The van der Waals surface area contributed by atoms with Gasteiger partial charge in [0.25, 0.3) is 0 Å². The zero-order valence-corrected chi connectivity index (χ0v) is 12.2. The summed E-state index contributed by atoms with van der Waals surface area (Å²) in [7, 11) is 0. The van der Waals surface area contributed by atoms with Crippen molar-refractivity contribution >= 4 is 5.69 Å². The van der Waals surface area contributed by atoms with Crippen LogP contribution in [-0.2, 0) is 6.54 Å². The second-order valence-corrected chi connectivity index (χ2v) is 5.07. The van der Waals surface area contributed by atoms with Crippen molar-refractivity contribution in [1.29, 1.82) is 0 Å². The van der Waals surface area contributed by atoms with Gasteiger partial charge in [-0.3, -0.25) is 5.10 Å². The van der Waals surface area contributed by atoms with Crippen molar-refractivity contribution in [2.24, 2.45) is 0 Å². The maximum atomic E-state index is 4.41. The Kier molecular flexibility index (Phi) is 3.69. The average Bonchev–Trinajstić information content (AvgIpc) is 2.93. The van der Waals surface area contributed by atoms with Crippen LogP contribution in [0.15, 0.2) is 48.5 Å². The second-order valence-electron chi connectivity index (χ2n) is 5.07. The summed E-state index contributed by atoms with van der Waals surface area (Å²) in [6, 6.07) is 16.5. The summed E-state index contributed by atoms with van der Waals surface area (Å²) >= 11 is 0. The number of anilines is 1. The SMILES string of the molecule is Cc1nc(-c2ccccc2NCc2ccccc2C)n[nH]1. The zero-order chi connectivity index (χ0) is 14.7. The number of hydrogen-bond acceptors (Lipinski definition) is 3. The highest BCUT2D eigenvalue weighted by Crippen LogP contribution is 2.25. The molecule has 0 saturated heterocycles. The zero-order valence-electron chi connectivity index (χ0n) is 12.2. The van der Waals surface area contributed by atoms with E-state index in [1.807, 2.05) is 25.1 Å². The number of H-pyrrole nitrogens is 1. The number of hydrogen-bond donors (Lipinski definition) is 2.